The number of allylic oxidation sites excluding steroid dienone is 1. The standard InChI is InChI=1S/C28H27ClN2O3/c1-16-10-17(2)12-24(11-16)31-20(5)26(28(33)34-6)25(27(31)32)14-21-13-18(3)30(19(21)4)23-9-7-8-22(29)15-23/h7-15H,1-6H3/b25-14-. The Morgan fingerprint density at radius 1 is 0.941 bits per heavy atom. The van der Waals surface area contributed by atoms with Crippen molar-refractivity contribution in [2.24, 2.45) is 0 Å². The number of esters is 1. The Bertz CT molecular complexity index is 1370. The molecule has 5 nitrogen and oxygen atoms in total. The van der Waals surface area contributed by atoms with Gasteiger partial charge in [0.25, 0.3) is 5.91 Å². The van der Waals surface area contributed by atoms with Gasteiger partial charge in [-0.3, -0.25) is 9.69 Å². The zero-order valence-corrected chi connectivity index (χ0v) is 20.9. The van der Waals surface area contributed by atoms with Gasteiger partial charge in [-0.15, -0.1) is 0 Å². The topological polar surface area (TPSA) is 51.5 Å². The molecule has 1 amide bonds. The largest absolute Gasteiger partial charge is 0.465 e. The van der Waals surface area contributed by atoms with E-state index < -0.39 is 5.97 Å². The molecule has 34 heavy (non-hydrogen) atoms. The minimum atomic E-state index is -0.535. The van der Waals surface area contributed by atoms with Crippen LogP contribution in [-0.2, 0) is 14.3 Å². The number of benzene rings is 2. The molecule has 1 aromatic heterocycles. The van der Waals surface area contributed by atoms with Crippen molar-refractivity contribution < 1.29 is 14.3 Å². The average Bonchev–Trinajstić information content (AvgIpc) is 3.18. The number of methoxy groups -OCH3 is 1. The molecule has 1 aliphatic rings. The molecule has 0 spiro atoms. The van der Waals surface area contributed by atoms with Crippen molar-refractivity contribution in [2.75, 3.05) is 12.0 Å². The maximum absolute atomic E-state index is 13.7. The first-order valence-corrected chi connectivity index (χ1v) is 11.4. The summed E-state index contributed by atoms with van der Waals surface area (Å²) in [6.45, 7) is 9.72. The van der Waals surface area contributed by atoms with E-state index in [0.717, 1.165) is 39.5 Å². The number of rotatable bonds is 4. The molecule has 1 aliphatic heterocycles. The van der Waals surface area contributed by atoms with Crippen molar-refractivity contribution in [3.8, 4) is 5.69 Å². The molecule has 0 atom stereocenters. The first-order valence-electron chi connectivity index (χ1n) is 11.0. The fourth-order valence-electron chi connectivity index (χ4n) is 4.67. The van der Waals surface area contributed by atoms with Gasteiger partial charge in [0.1, 0.15) is 0 Å². The molecule has 4 rings (SSSR count). The van der Waals surface area contributed by atoms with E-state index in [9.17, 15) is 9.59 Å². The van der Waals surface area contributed by atoms with Crippen molar-refractivity contribution in [1.29, 1.82) is 0 Å². The molecule has 0 saturated carbocycles. The monoisotopic (exact) mass is 474 g/mol. The fourth-order valence-corrected chi connectivity index (χ4v) is 4.86. The Labute approximate surface area is 204 Å². The van der Waals surface area contributed by atoms with Crippen LogP contribution in [0.4, 0.5) is 5.69 Å². The molecule has 2 heterocycles. The van der Waals surface area contributed by atoms with E-state index in [4.69, 9.17) is 16.3 Å². The zero-order chi connectivity index (χ0) is 24.7. The van der Waals surface area contributed by atoms with Crippen LogP contribution in [0.2, 0.25) is 5.02 Å². The number of hydrogen-bond acceptors (Lipinski definition) is 3. The maximum Gasteiger partial charge on any atom is 0.340 e. The van der Waals surface area contributed by atoms with Crippen LogP contribution in [0.1, 0.15) is 35.0 Å². The van der Waals surface area contributed by atoms with Gasteiger partial charge in [0, 0.05) is 33.5 Å². The van der Waals surface area contributed by atoms with Gasteiger partial charge in [-0.25, -0.2) is 4.79 Å². The third kappa shape index (κ3) is 4.08. The number of hydrogen-bond donors (Lipinski definition) is 0. The number of carbonyl (C=O) groups excluding carboxylic acids is 2. The van der Waals surface area contributed by atoms with Gasteiger partial charge < -0.3 is 9.30 Å². The highest BCUT2D eigenvalue weighted by molar-refractivity contribution is 6.30. The number of amides is 1. The minimum Gasteiger partial charge on any atom is -0.465 e. The molecule has 2 aromatic carbocycles. The van der Waals surface area contributed by atoms with Crippen LogP contribution in [-0.4, -0.2) is 23.6 Å². The van der Waals surface area contributed by atoms with Gasteiger partial charge >= 0.3 is 5.97 Å². The summed E-state index contributed by atoms with van der Waals surface area (Å²) in [5, 5.41) is 0.645. The van der Waals surface area contributed by atoms with Crippen LogP contribution < -0.4 is 4.90 Å². The highest BCUT2D eigenvalue weighted by Crippen LogP contribution is 2.37. The van der Waals surface area contributed by atoms with Crippen molar-refractivity contribution in [2.45, 2.75) is 34.6 Å². The van der Waals surface area contributed by atoms with Gasteiger partial charge in [-0.05, 0) is 93.8 Å². The number of nitrogens with zero attached hydrogens (tertiary/aromatic N) is 2. The summed E-state index contributed by atoms with van der Waals surface area (Å²) in [4.78, 5) is 28.0. The molecule has 0 bridgehead atoms. The van der Waals surface area contributed by atoms with Gasteiger partial charge in [0.05, 0.1) is 18.3 Å². The lowest BCUT2D eigenvalue weighted by molar-refractivity contribution is -0.136. The molecule has 6 heteroatoms. The van der Waals surface area contributed by atoms with E-state index in [-0.39, 0.29) is 11.5 Å². The fraction of sp³-hybridized carbons (Fsp3) is 0.214. The number of anilines is 1. The number of ether oxygens (including phenoxy) is 1. The van der Waals surface area contributed by atoms with Crippen molar-refractivity contribution >= 4 is 35.2 Å². The second-order valence-corrected chi connectivity index (χ2v) is 9.07. The summed E-state index contributed by atoms with van der Waals surface area (Å²) in [6, 6.07) is 15.5. The second-order valence-electron chi connectivity index (χ2n) is 8.64. The van der Waals surface area contributed by atoms with Crippen molar-refractivity contribution in [1.82, 2.24) is 4.57 Å². The first-order chi connectivity index (χ1) is 16.1. The summed E-state index contributed by atoms with van der Waals surface area (Å²) < 4.78 is 7.13. The molecular weight excluding hydrogens is 448 g/mol. The summed E-state index contributed by atoms with van der Waals surface area (Å²) >= 11 is 6.21. The van der Waals surface area contributed by atoms with Gasteiger partial charge in [-0.2, -0.15) is 0 Å². The van der Waals surface area contributed by atoms with Crippen LogP contribution in [0, 0.1) is 27.7 Å². The van der Waals surface area contributed by atoms with E-state index >= 15 is 0 Å². The summed E-state index contributed by atoms with van der Waals surface area (Å²) in [5.74, 6) is -0.789. The minimum absolute atomic E-state index is 0.254. The lowest BCUT2D eigenvalue weighted by atomic mass is 10.0. The predicted octanol–water partition coefficient (Wildman–Crippen LogP) is 6.24. The normalized spacial score (nSPS) is 15.0. The van der Waals surface area contributed by atoms with Gasteiger partial charge in [-0.1, -0.05) is 23.7 Å². The lowest BCUT2D eigenvalue weighted by Gasteiger charge is -2.19. The van der Waals surface area contributed by atoms with E-state index in [1.165, 1.54) is 7.11 Å². The van der Waals surface area contributed by atoms with Gasteiger partial charge in [0.15, 0.2) is 0 Å². The van der Waals surface area contributed by atoms with Crippen molar-refractivity contribution in [3.05, 3.63) is 98.5 Å². The number of halogens is 1. The molecule has 0 radical (unpaired) electrons. The van der Waals surface area contributed by atoms with E-state index in [2.05, 4.69) is 4.57 Å². The molecular formula is C28H27ClN2O3. The smallest absolute Gasteiger partial charge is 0.340 e. The summed E-state index contributed by atoms with van der Waals surface area (Å²) in [7, 11) is 1.33. The lowest BCUT2D eigenvalue weighted by Crippen LogP contribution is -2.24. The second kappa shape index (κ2) is 8.99. The van der Waals surface area contributed by atoms with E-state index in [0.29, 0.717) is 16.3 Å². The Hall–Kier alpha value is -3.57. The number of aryl methyl sites for hydroxylation is 3. The van der Waals surface area contributed by atoms with Crippen LogP contribution in [0.15, 0.2) is 65.4 Å². The summed E-state index contributed by atoms with van der Waals surface area (Å²) in [6.07, 6.45) is 1.78. The van der Waals surface area contributed by atoms with Gasteiger partial charge in [0.2, 0.25) is 0 Å². The average molecular weight is 475 g/mol. The molecule has 0 unspecified atom stereocenters. The summed E-state index contributed by atoms with van der Waals surface area (Å²) in [5.41, 5.74) is 7.66. The number of aromatic nitrogens is 1. The van der Waals surface area contributed by atoms with Crippen LogP contribution in [0.3, 0.4) is 0 Å². The Morgan fingerprint density at radius 2 is 1.62 bits per heavy atom. The molecule has 3 aromatic rings. The van der Waals surface area contributed by atoms with Crippen LogP contribution in [0.25, 0.3) is 11.8 Å². The first kappa shape index (κ1) is 23.6. The number of carbonyl (C=O) groups is 2. The Balaban J connectivity index is 1.87. The molecule has 0 N–H and O–H groups in total. The molecule has 0 saturated heterocycles. The third-order valence-electron chi connectivity index (χ3n) is 6.09. The Morgan fingerprint density at radius 3 is 2.24 bits per heavy atom. The molecule has 174 valence electrons. The van der Waals surface area contributed by atoms with E-state index in [1.807, 2.05) is 76.2 Å². The highest BCUT2D eigenvalue weighted by atomic mass is 35.5. The molecule has 0 fully saturated rings. The van der Waals surface area contributed by atoms with Crippen molar-refractivity contribution in [3.63, 3.8) is 0 Å². The zero-order valence-electron chi connectivity index (χ0n) is 20.2. The third-order valence-corrected chi connectivity index (χ3v) is 6.33. The van der Waals surface area contributed by atoms with Crippen LogP contribution >= 0.6 is 11.6 Å². The Kier molecular flexibility index (Phi) is 6.24. The maximum atomic E-state index is 13.7. The molecule has 0 aliphatic carbocycles. The van der Waals surface area contributed by atoms with E-state index in [1.54, 1.807) is 17.9 Å². The van der Waals surface area contributed by atoms with Crippen LogP contribution in [0.5, 0.6) is 0 Å². The quantitative estimate of drug-likeness (QED) is 0.332. The SMILES string of the molecule is COC(=O)C1=C(C)N(c2cc(C)cc(C)c2)C(=O)/C1=C\c1cc(C)n(-c2cccc(Cl)c2)c1C. The highest BCUT2D eigenvalue weighted by Gasteiger charge is 2.38. The predicted molar refractivity (Wildman–Crippen MR) is 136 cm³/mol.